The molecule has 30 heavy (non-hydrogen) atoms. The van der Waals surface area contributed by atoms with Crippen molar-refractivity contribution in [2.45, 2.75) is 6.04 Å². The van der Waals surface area contributed by atoms with Gasteiger partial charge in [-0.25, -0.2) is 0 Å². The van der Waals surface area contributed by atoms with Crippen LogP contribution in [-0.4, -0.2) is 71.7 Å². The monoisotopic (exact) mass is 409 g/mol. The summed E-state index contributed by atoms with van der Waals surface area (Å²) in [4.78, 5) is 40.8. The van der Waals surface area contributed by atoms with E-state index < -0.39 is 18.6 Å². The van der Waals surface area contributed by atoms with Crippen LogP contribution in [0.25, 0.3) is 11.1 Å². The van der Waals surface area contributed by atoms with Crippen LogP contribution in [0.1, 0.15) is 10.4 Å². The van der Waals surface area contributed by atoms with E-state index in [1.54, 1.807) is 12.1 Å². The Morgan fingerprint density at radius 2 is 1.83 bits per heavy atom. The molecule has 3 aliphatic heterocycles. The average molecular weight is 409 g/mol. The molecular weight excluding hydrogens is 390 g/mol. The van der Waals surface area contributed by atoms with E-state index in [2.05, 4.69) is 5.32 Å². The summed E-state index contributed by atoms with van der Waals surface area (Å²) in [5.41, 5.74) is 2.49. The number of nitrogens with one attached hydrogen (secondary N) is 1. The minimum absolute atomic E-state index is 0.0555. The number of hydrogen-bond acceptors (Lipinski definition) is 6. The molecule has 3 heterocycles. The smallest absolute Gasteiger partial charge is 0.256 e. The highest BCUT2D eigenvalue weighted by molar-refractivity contribution is 6.10. The van der Waals surface area contributed by atoms with Gasteiger partial charge in [0.2, 0.25) is 18.6 Å². The second kappa shape index (κ2) is 7.03. The number of carbonyl (C=O) groups is 3. The van der Waals surface area contributed by atoms with Crippen molar-refractivity contribution in [3.05, 3.63) is 42.0 Å². The third-order valence-corrected chi connectivity index (χ3v) is 5.65. The summed E-state index contributed by atoms with van der Waals surface area (Å²) in [7, 11) is 0. The Balaban J connectivity index is 1.48. The highest BCUT2D eigenvalue weighted by Gasteiger charge is 2.40. The number of ether oxygens (including phenoxy) is 2. The molecule has 154 valence electrons. The van der Waals surface area contributed by atoms with E-state index in [0.717, 1.165) is 11.1 Å². The largest absolute Gasteiger partial charge is 0.454 e. The van der Waals surface area contributed by atoms with Gasteiger partial charge in [0.25, 0.3) is 5.91 Å². The van der Waals surface area contributed by atoms with E-state index >= 15 is 0 Å². The van der Waals surface area contributed by atoms with Crippen LogP contribution in [0.5, 0.6) is 11.5 Å². The number of aliphatic hydroxyl groups is 1. The summed E-state index contributed by atoms with van der Waals surface area (Å²) in [5.74, 6) is 0.240. The van der Waals surface area contributed by atoms with Crippen molar-refractivity contribution in [3.8, 4) is 22.6 Å². The van der Waals surface area contributed by atoms with Gasteiger partial charge >= 0.3 is 0 Å². The normalized spacial score (nSPS) is 19.7. The van der Waals surface area contributed by atoms with Crippen LogP contribution in [-0.2, 0) is 9.59 Å². The van der Waals surface area contributed by atoms with E-state index in [1.807, 2.05) is 24.3 Å². The number of nitrogens with zero attached hydrogens (tertiary/aromatic N) is 2. The summed E-state index contributed by atoms with van der Waals surface area (Å²) >= 11 is 0. The van der Waals surface area contributed by atoms with Gasteiger partial charge in [-0.1, -0.05) is 12.1 Å². The summed E-state index contributed by atoms with van der Waals surface area (Å²) in [6, 6.07) is 10.0. The average Bonchev–Trinajstić information content (AvgIpc) is 3.22. The van der Waals surface area contributed by atoms with Crippen LogP contribution in [0, 0.1) is 0 Å². The maximum absolute atomic E-state index is 13.3. The lowest BCUT2D eigenvalue weighted by molar-refractivity contribution is -0.138. The maximum Gasteiger partial charge on any atom is 0.256 e. The van der Waals surface area contributed by atoms with Crippen molar-refractivity contribution >= 4 is 23.4 Å². The first-order valence-electron chi connectivity index (χ1n) is 9.59. The molecule has 3 amide bonds. The molecule has 1 saturated heterocycles. The van der Waals surface area contributed by atoms with Crippen molar-refractivity contribution in [2.75, 3.05) is 38.4 Å². The van der Waals surface area contributed by atoms with Gasteiger partial charge in [0, 0.05) is 13.1 Å². The predicted octanol–water partition coefficient (Wildman–Crippen LogP) is 0.680. The molecule has 0 aliphatic carbocycles. The Labute approximate surface area is 171 Å². The molecule has 2 aromatic rings. The zero-order chi connectivity index (χ0) is 20.8. The Kier molecular flexibility index (Phi) is 4.32. The SMILES string of the molecule is O=C1Nc2ccc(-c3ccc4c(c3)OCO4)cc2C(=O)N2CCN(C(=O)CO)C[C@H]12. The lowest BCUT2D eigenvalue weighted by Gasteiger charge is -2.39. The van der Waals surface area contributed by atoms with Crippen LogP contribution in [0.2, 0.25) is 0 Å². The highest BCUT2D eigenvalue weighted by atomic mass is 16.7. The molecule has 0 spiro atoms. The number of fused-ring (bicyclic) bond motifs is 3. The predicted molar refractivity (Wildman–Crippen MR) is 105 cm³/mol. The lowest BCUT2D eigenvalue weighted by atomic mass is 10.0. The van der Waals surface area contributed by atoms with E-state index in [4.69, 9.17) is 14.6 Å². The van der Waals surface area contributed by atoms with Crippen LogP contribution in [0.3, 0.4) is 0 Å². The van der Waals surface area contributed by atoms with Crippen LogP contribution in [0.4, 0.5) is 5.69 Å². The van der Waals surface area contributed by atoms with Gasteiger partial charge < -0.3 is 29.7 Å². The van der Waals surface area contributed by atoms with E-state index in [1.165, 1.54) is 9.80 Å². The first-order chi connectivity index (χ1) is 14.5. The van der Waals surface area contributed by atoms with Crippen molar-refractivity contribution in [1.82, 2.24) is 9.80 Å². The van der Waals surface area contributed by atoms with Gasteiger partial charge in [-0.05, 0) is 35.4 Å². The molecular formula is C21H19N3O6. The third kappa shape index (κ3) is 2.94. The summed E-state index contributed by atoms with van der Waals surface area (Å²) in [5, 5.41) is 11.9. The molecule has 3 aliphatic rings. The molecule has 0 unspecified atom stereocenters. The Hall–Kier alpha value is -3.59. The third-order valence-electron chi connectivity index (χ3n) is 5.65. The Bertz CT molecular complexity index is 1070. The quantitative estimate of drug-likeness (QED) is 0.755. The minimum Gasteiger partial charge on any atom is -0.454 e. The van der Waals surface area contributed by atoms with E-state index in [-0.39, 0.29) is 38.2 Å². The fourth-order valence-corrected chi connectivity index (χ4v) is 4.03. The summed E-state index contributed by atoms with van der Waals surface area (Å²) < 4.78 is 10.8. The van der Waals surface area contributed by atoms with Gasteiger partial charge in [-0.15, -0.1) is 0 Å². The molecule has 9 heteroatoms. The fraction of sp³-hybridized carbons (Fsp3) is 0.286. The van der Waals surface area contributed by atoms with Gasteiger partial charge in [-0.3, -0.25) is 14.4 Å². The Morgan fingerprint density at radius 1 is 1.07 bits per heavy atom. The highest BCUT2D eigenvalue weighted by Crippen LogP contribution is 2.37. The zero-order valence-electron chi connectivity index (χ0n) is 16.0. The first kappa shape index (κ1) is 18.4. The van der Waals surface area contributed by atoms with Crippen LogP contribution in [0.15, 0.2) is 36.4 Å². The molecule has 0 bridgehead atoms. The molecule has 0 radical (unpaired) electrons. The lowest BCUT2D eigenvalue weighted by Crippen LogP contribution is -2.59. The van der Waals surface area contributed by atoms with Gasteiger partial charge in [0.05, 0.1) is 17.8 Å². The summed E-state index contributed by atoms with van der Waals surface area (Å²) in [6.07, 6.45) is 0. The summed E-state index contributed by atoms with van der Waals surface area (Å²) in [6.45, 7) is 0.101. The molecule has 5 rings (SSSR count). The molecule has 1 fully saturated rings. The van der Waals surface area contributed by atoms with Crippen molar-refractivity contribution in [2.24, 2.45) is 0 Å². The standard InChI is InChI=1S/C21H19N3O6/c25-10-19(26)23-5-6-24-16(9-23)20(27)22-15-3-1-12(7-14(15)21(24)28)13-2-4-17-18(8-13)30-11-29-17/h1-4,7-8,16,25H,5-6,9-11H2,(H,22,27)/t16-/m1/s1. The molecule has 2 N–H and O–H groups in total. The Morgan fingerprint density at radius 3 is 2.67 bits per heavy atom. The second-order valence-corrected chi connectivity index (χ2v) is 7.33. The second-order valence-electron chi connectivity index (χ2n) is 7.33. The number of benzene rings is 2. The number of rotatable bonds is 2. The topological polar surface area (TPSA) is 108 Å². The van der Waals surface area contributed by atoms with Gasteiger partial charge in [0.15, 0.2) is 11.5 Å². The van der Waals surface area contributed by atoms with E-state index in [9.17, 15) is 14.4 Å². The van der Waals surface area contributed by atoms with Crippen LogP contribution >= 0.6 is 0 Å². The van der Waals surface area contributed by atoms with Gasteiger partial charge in [0.1, 0.15) is 12.6 Å². The number of carbonyl (C=O) groups excluding carboxylic acids is 3. The number of piperazine rings is 1. The first-order valence-corrected chi connectivity index (χ1v) is 9.59. The number of hydrogen-bond donors (Lipinski definition) is 2. The maximum atomic E-state index is 13.3. The molecule has 9 nitrogen and oxygen atoms in total. The molecule has 0 saturated carbocycles. The molecule has 1 atom stereocenters. The van der Waals surface area contributed by atoms with Gasteiger partial charge in [-0.2, -0.15) is 0 Å². The van der Waals surface area contributed by atoms with E-state index in [0.29, 0.717) is 22.7 Å². The van der Waals surface area contributed by atoms with Crippen molar-refractivity contribution < 1.29 is 29.0 Å². The van der Waals surface area contributed by atoms with Crippen LogP contribution < -0.4 is 14.8 Å². The molecule has 0 aromatic heterocycles. The number of aliphatic hydroxyl groups excluding tert-OH is 1. The molecule has 2 aromatic carbocycles. The zero-order valence-corrected chi connectivity index (χ0v) is 16.0. The fourth-order valence-electron chi connectivity index (χ4n) is 4.03. The number of anilines is 1. The minimum atomic E-state index is -0.803. The van der Waals surface area contributed by atoms with Crippen molar-refractivity contribution in [1.29, 1.82) is 0 Å². The number of amides is 3. The van der Waals surface area contributed by atoms with Crippen molar-refractivity contribution in [3.63, 3.8) is 0 Å².